The van der Waals surface area contributed by atoms with Gasteiger partial charge in [-0.25, -0.2) is 0 Å². The van der Waals surface area contributed by atoms with Gasteiger partial charge in [0.15, 0.2) is 0 Å². The minimum Gasteiger partial charge on any atom is -0.252 e. The van der Waals surface area contributed by atoms with Gasteiger partial charge in [0.2, 0.25) is 0 Å². The van der Waals surface area contributed by atoms with E-state index in [2.05, 4.69) is 101 Å². The normalized spacial score (nSPS) is 12.5. The maximum Gasteiger partial charge on any atom is 0.0633 e. The highest BCUT2D eigenvalue weighted by molar-refractivity contribution is 6.43. The quantitative estimate of drug-likeness (QED) is 0.0361. The van der Waals surface area contributed by atoms with Crippen molar-refractivity contribution < 1.29 is 0 Å². The molecule has 0 radical (unpaired) electrons. The van der Waals surface area contributed by atoms with E-state index < -0.39 is 0 Å². The van der Waals surface area contributed by atoms with E-state index in [9.17, 15) is 0 Å². The van der Waals surface area contributed by atoms with Gasteiger partial charge in [-0.2, -0.15) is 0 Å². The first kappa shape index (κ1) is 55.4. The fourth-order valence-corrected chi connectivity index (χ4v) is 8.53. The highest BCUT2D eigenvalue weighted by Crippen LogP contribution is 2.22. The Morgan fingerprint density at radius 2 is 0.565 bits per heavy atom. The molecule has 2 rings (SSSR count). The van der Waals surface area contributed by atoms with Gasteiger partial charge in [0.1, 0.15) is 0 Å². The highest BCUT2D eigenvalue weighted by Gasteiger charge is 2.11. The second-order valence-electron chi connectivity index (χ2n) is 18.7. The van der Waals surface area contributed by atoms with Gasteiger partial charge < -0.3 is 0 Å². The molecule has 0 aliphatic carbocycles. The predicted octanol–water partition coefficient (Wildman–Crippen LogP) is 20.9. The van der Waals surface area contributed by atoms with E-state index in [0.717, 1.165) is 62.7 Å². The molecule has 2 aromatic carbocycles. The lowest BCUT2D eigenvalue weighted by Crippen LogP contribution is -2.14. The third-order valence-corrected chi connectivity index (χ3v) is 12.7. The summed E-state index contributed by atoms with van der Waals surface area (Å²) in [6.07, 6.45) is 59.9. The standard InChI is InChI=1S/C60H100N2/c1-5-9-13-15-17-19-21-23-25-27-29-31-33-35-37-39-41-43-55-47-51-57(52-48-55)61-59(45-11-7-3)60(46-12-8-4)62-58-53-49-56(50-54-58)44-42-40-38-36-34-32-30-28-26-24-22-20-18-16-14-10-6-2/h35-38,47-54H,5-34,39-46H2,1-4H3/b37-35+,38-36+,61-59?,62-60?. The molecular weight excluding hydrogens is 749 g/mol. The fraction of sp³-hybridized carbons (Fsp3) is 0.700. The molecule has 0 aliphatic rings. The van der Waals surface area contributed by atoms with Crippen molar-refractivity contribution in [1.82, 2.24) is 0 Å². The van der Waals surface area contributed by atoms with Crippen LogP contribution in [0, 0.1) is 0 Å². The molecule has 0 saturated carbocycles. The molecule has 2 heteroatoms. The molecule has 2 nitrogen and oxygen atoms in total. The number of rotatable bonds is 43. The van der Waals surface area contributed by atoms with Crippen molar-refractivity contribution in [3.05, 3.63) is 84.0 Å². The van der Waals surface area contributed by atoms with Crippen LogP contribution in [0.4, 0.5) is 11.4 Å². The molecule has 0 aliphatic heterocycles. The van der Waals surface area contributed by atoms with Crippen LogP contribution in [0.5, 0.6) is 0 Å². The second kappa shape index (κ2) is 42.2. The molecule has 350 valence electrons. The summed E-state index contributed by atoms with van der Waals surface area (Å²) in [5, 5.41) is 0. The zero-order valence-electron chi connectivity index (χ0n) is 41.7. The molecular formula is C60H100N2. The number of aliphatic imine (C=N–C) groups is 2. The number of unbranched alkanes of at least 4 members (excludes halogenated alkanes) is 28. The fourth-order valence-electron chi connectivity index (χ4n) is 8.53. The van der Waals surface area contributed by atoms with Gasteiger partial charge in [0.05, 0.1) is 22.8 Å². The molecule has 0 spiro atoms. The summed E-state index contributed by atoms with van der Waals surface area (Å²) in [5.74, 6) is 0. The van der Waals surface area contributed by atoms with E-state index in [-0.39, 0.29) is 0 Å². The number of nitrogens with zero attached hydrogens (tertiary/aromatic N) is 2. The minimum absolute atomic E-state index is 0.983. The van der Waals surface area contributed by atoms with Crippen molar-refractivity contribution in [3.63, 3.8) is 0 Å². The van der Waals surface area contributed by atoms with Crippen molar-refractivity contribution in [3.8, 4) is 0 Å². The number of aryl methyl sites for hydroxylation is 2. The van der Waals surface area contributed by atoms with E-state index in [0.29, 0.717) is 0 Å². The van der Waals surface area contributed by atoms with Gasteiger partial charge in [-0.15, -0.1) is 0 Å². The molecule has 62 heavy (non-hydrogen) atoms. The third-order valence-electron chi connectivity index (χ3n) is 12.7. The first-order valence-electron chi connectivity index (χ1n) is 27.3. The van der Waals surface area contributed by atoms with Crippen molar-refractivity contribution in [2.75, 3.05) is 0 Å². The number of allylic oxidation sites excluding steroid dienone is 4. The first-order chi connectivity index (χ1) is 30.7. The van der Waals surface area contributed by atoms with E-state index in [1.165, 1.54) is 215 Å². The Balaban J connectivity index is 1.71. The summed E-state index contributed by atoms with van der Waals surface area (Å²) in [4.78, 5) is 10.5. The SMILES string of the molecule is CCCCCCCCCCCCCC/C=C/CCCc1ccc(N=C(CCCC)C(CCCC)=Nc2ccc(CCC/C=C/CCCCCCCCCCCCCC)cc2)cc1. The number of benzene rings is 2. The molecule has 0 atom stereocenters. The Morgan fingerprint density at radius 3 is 0.855 bits per heavy atom. The number of hydrogen-bond acceptors (Lipinski definition) is 2. The zero-order chi connectivity index (χ0) is 44.2. The Kier molecular flexibility index (Phi) is 37.7. The van der Waals surface area contributed by atoms with Gasteiger partial charge >= 0.3 is 0 Å². The van der Waals surface area contributed by atoms with Crippen LogP contribution in [0.2, 0.25) is 0 Å². The molecule has 0 amide bonds. The van der Waals surface area contributed by atoms with Crippen LogP contribution in [-0.4, -0.2) is 11.4 Å². The average molecular weight is 849 g/mol. The topological polar surface area (TPSA) is 24.7 Å². The van der Waals surface area contributed by atoms with Crippen LogP contribution in [-0.2, 0) is 12.8 Å². The summed E-state index contributed by atoms with van der Waals surface area (Å²) in [6.45, 7) is 9.16. The average Bonchev–Trinajstić information content (AvgIpc) is 3.29. The monoisotopic (exact) mass is 849 g/mol. The van der Waals surface area contributed by atoms with Crippen molar-refractivity contribution in [1.29, 1.82) is 0 Å². The minimum atomic E-state index is 0.983. The Hall–Kier alpha value is -2.74. The molecule has 0 bridgehead atoms. The second-order valence-corrected chi connectivity index (χ2v) is 18.7. The van der Waals surface area contributed by atoms with E-state index in [1.807, 2.05) is 0 Å². The lowest BCUT2D eigenvalue weighted by molar-refractivity contribution is 0.545. The van der Waals surface area contributed by atoms with Crippen LogP contribution in [0.25, 0.3) is 0 Å². The maximum absolute atomic E-state index is 5.26. The Labute approximate surface area is 386 Å². The highest BCUT2D eigenvalue weighted by atomic mass is 14.8. The van der Waals surface area contributed by atoms with Crippen LogP contribution in [0.1, 0.15) is 270 Å². The largest absolute Gasteiger partial charge is 0.252 e. The van der Waals surface area contributed by atoms with Crippen LogP contribution in [0.15, 0.2) is 82.8 Å². The van der Waals surface area contributed by atoms with E-state index >= 15 is 0 Å². The van der Waals surface area contributed by atoms with Gasteiger partial charge in [-0.1, -0.05) is 230 Å². The summed E-state index contributed by atoms with van der Waals surface area (Å²) in [6, 6.07) is 18.1. The van der Waals surface area contributed by atoms with E-state index in [4.69, 9.17) is 9.98 Å². The third kappa shape index (κ3) is 32.0. The van der Waals surface area contributed by atoms with Crippen molar-refractivity contribution >= 4 is 22.8 Å². The van der Waals surface area contributed by atoms with Crippen LogP contribution >= 0.6 is 0 Å². The summed E-state index contributed by atoms with van der Waals surface area (Å²) < 4.78 is 0. The summed E-state index contributed by atoms with van der Waals surface area (Å²) >= 11 is 0. The molecule has 2 aromatic rings. The van der Waals surface area contributed by atoms with Crippen molar-refractivity contribution in [2.24, 2.45) is 9.98 Å². The maximum atomic E-state index is 5.26. The lowest BCUT2D eigenvalue weighted by atomic mass is 10.0. The predicted molar refractivity (Wildman–Crippen MR) is 282 cm³/mol. The van der Waals surface area contributed by atoms with Crippen molar-refractivity contribution in [2.45, 2.75) is 272 Å². The molecule has 0 aromatic heterocycles. The zero-order valence-corrected chi connectivity index (χ0v) is 41.7. The van der Waals surface area contributed by atoms with Gasteiger partial charge in [0, 0.05) is 0 Å². The van der Waals surface area contributed by atoms with Gasteiger partial charge in [-0.05, 0) is 125 Å². The lowest BCUT2D eigenvalue weighted by Gasteiger charge is -2.11. The first-order valence-corrected chi connectivity index (χ1v) is 27.3. The summed E-state index contributed by atoms with van der Waals surface area (Å²) in [7, 11) is 0. The molecule has 0 saturated heterocycles. The summed E-state index contributed by atoms with van der Waals surface area (Å²) in [5.41, 5.74) is 7.30. The molecule has 0 unspecified atom stereocenters. The van der Waals surface area contributed by atoms with Crippen LogP contribution < -0.4 is 0 Å². The van der Waals surface area contributed by atoms with Gasteiger partial charge in [-0.3, -0.25) is 9.98 Å². The Bertz CT molecular complexity index is 1270. The van der Waals surface area contributed by atoms with E-state index in [1.54, 1.807) is 0 Å². The molecule has 0 N–H and O–H groups in total. The molecule has 0 heterocycles. The van der Waals surface area contributed by atoms with Crippen LogP contribution in [0.3, 0.4) is 0 Å². The smallest absolute Gasteiger partial charge is 0.0633 e. The van der Waals surface area contributed by atoms with Gasteiger partial charge in [0.25, 0.3) is 0 Å². The Morgan fingerprint density at radius 1 is 0.306 bits per heavy atom. The number of hydrogen-bond donors (Lipinski definition) is 0. The molecule has 0 fully saturated rings.